The normalized spacial score (nSPS) is 12.3. The molecule has 0 amide bonds. The molecule has 100 valence electrons. The molecule has 5 heteroatoms. The lowest BCUT2D eigenvalue weighted by Gasteiger charge is -2.12. The third-order valence-corrected chi connectivity index (χ3v) is 3.71. The van der Waals surface area contributed by atoms with Crippen molar-refractivity contribution in [3.8, 4) is 0 Å². The SMILES string of the molecule is CCCNC(C)CCSc1ccccc1[N+](=O)[O-]. The van der Waals surface area contributed by atoms with E-state index < -0.39 is 0 Å². The van der Waals surface area contributed by atoms with Gasteiger partial charge in [-0.3, -0.25) is 10.1 Å². The van der Waals surface area contributed by atoms with Gasteiger partial charge in [0.05, 0.1) is 9.82 Å². The van der Waals surface area contributed by atoms with Gasteiger partial charge in [0.2, 0.25) is 0 Å². The molecule has 18 heavy (non-hydrogen) atoms. The van der Waals surface area contributed by atoms with Crippen molar-refractivity contribution in [3.05, 3.63) is 34.4 Å². The zero-order valence-corrected chi connectivity index (χ0v) is 11.7. The third kappa shape index (κ3) is 5.06. The van der Waals surface area contributed by atoms with Crippen LogP contribution in [-0.2, 0) is 0 Å². The molecule has 0 saturated heterocycles. The molecule has 1 unspecified atom stereocenters. The molecule has 0 saturated carbocycles. The smallest absolute Gasteiger partial charge is 0.282 e. The molecule has 0 aliphatic carbocycles. The fraction of sp³-hybridized carbons (Fsp3) is 0.538. The summed E-state index contributed by atoms with van der Waals surface area (Å²) in [5.74, 6) is 0.892. The van der Waals surface area contributed by atoms with Crippen LogP contribution in [0.3, 0.4) is 0 Å². The summed E-state index contributed by atoms with van der Waals surface area (Å²) in [5, 5.41) is 14.2. The van der Waals surface area contributed by atoms with E-state index in [9.17, 15) is 10.1 Å². The van der Waals surface area contributed by atoms with Crippen molar-refractivity contribution in [2.75, 3.05) is 12.3 Å². The minimum Gasteiger partial charge on any atom is -0.314 e. The highest BCUT2D eigenvalue weighted by Gasteiger charge is 2.12. The molecular weight excluding hydrogens is 248 g/mol. The van der Waals surface area contributed by atoms with Crippen LogP contribution in [0.5, 0.6) is 0 Å². The second-order valence-electron chi connectivity index (χ2n) is 4.22. The van der Waals surface area contributed by atoms with E-state index in [4.69, 9.17) is 0 Å². The van der Waals surface area contributed by atoms with Crippen LogP contribution in [0.25, 0.3) is 0 Å². The number of nitro benzene ring substituents is 1. The Bertz CT molecular complexity index is 385. The zero-order chi connectivity index (χ0) is 13.4. The Morgan fingerprint density at radius 2 is 2.17 bits per heavy atom. The Morgan fingerprint density at radius 1 is 1.44 bits per heavy atom. The van der Waals surface area contributed by atoms with Crippen LogP contribution in [0, 0.1) is 10.1 Å². The van der Waals surface area contributed by atoms with Crippen LogP contribution in [0.1, 0.15) is 26.7 Å². The lowest BCUT2D eigenvalue weighted by molar-refractivity contribution is -0.387. The van der Waals surface area contributed by atoms with E-state index in [1.165, 1.54) is 0 Å². The number of thioether (sulfide) groups is 1. The van der Waals surface area contributed by atoms with Crippen LogP contribution < -0.4 is 5.32 Å². The molecular formula is C13H20N2O2S. The summed E-state index contributed by atoms with van der Waals surface area (Å²) >= 11 is 1.56. The number of hydrogen-bond donors (Lipinski definition) is 1. The van der Waals surface area contributed by atoms with Crippen molar-refractivity contribution in [3.63, 3.8) is 0 Å². The highest BCUT2D eigenvalue weighted by molar-refractivity contribution is 7.99. The summed E-state index contributed by atoms with van der Waals surface area (Å²) in [7, 11) is 0. The van der Waals surface area contributed by atoms with Gasteiger partial charge in [0.15, 0.2) is 0 Å². The van der Waals surface area contributed by atoms with Gasteiger partial charge in [-0.05, 0) is 38.1 Å². The monoisotopic (exact) mass is 268 g/mol. The molecule has 0 spiro atoms. The van der Waals surface area contributed by atoms with Crippen LogP contribution in [-0.4, -0.2) is 23.3 Å². The summed E-state index contributed by atoms with van der Waals surface area (Å²) in [4.78, 5) is 11.3. The number of rotatable bonds is 8. The number of benzene rings is 1. The Kier molecular flexibility index (Phi) is 6.75. The van der Waals surface area contributed by atoms with Gasteiger partial charge in [-0.25, -0.2) is 0 Å². The van der Waals surface area contributed by atoms with E-state index in [0.717, 1.165) is 30.0 Å². The molecule has 1 aromatic rings. The first-order valence-electron chi connectivity index (χ1n) is 6.24. The summed E-state index contributed by atoms with van der Waals surface area (Å²) in [6, 6.07) is 7.37. The number of hydrogen-bond acceptors (Lipinski definition) is 4. The molecule has 0 fully saturated rings. The first kappa shape index (κ1) is 15.0. The second kappa shape index (κ2) is 8.11. The van der Waals surface area contributed by atoms with Gasteiger partial charge < -0.3 is 5.32 Å². The summed E-state index contributed by atoms with van der Waals surface area (Å²) < 4.78 is 0. The predicted octanol–water partition coefficient (Wildman–Crippen LogP) is 3.47. The van der Waals surface area contributed by atoms with Gasteiger partial charge in [0, 0.05) is 12.1 Å². The lowest BCUT2D eigenvalue weighted by atomic mass is 10.2. The highest BCUT2D eigenvalue weighted by Crippen LogP contribution is 2.29. The first-order valence-corrected chi connectivity index (χ1v) is 7.23. The molecule has 0 aliphatic rings. The van der Waals surface area contributed by atoms with Crippen LogP contribution in [0.15, 0.2) is 29.2 Å². The number of nitrogens with one attached hydrogen (secondary N) is 1. The van der Waals surface area contributed by atoms with E-state index in [2.05, 4.69) is 19.2 Å². The van der Waals surface area contributed by atoms with Gasteiger partial charge >= 0.3 is 0 Å². The maximum Gasteiger partial charge on any atom is 0.282 e. The minimum absolute atomic E-state index is 0.205. The second-order valence-corrected chi connectivity index (χ2v) is 5.35. The Morgan fingerprint density at radius 3 is 2.83 bits per heavy atom. The first-order chi connectivity index (χ1) is 8.65. The molecule has 0 radical (unpaired) electrons. The molecule has 0 bridgehead atoms. The summed E-state index contributed by atoms with van der Waals surface area (Å²) in [6.07, 6.45) is 2.14. The van der Waals surface area contributed by atoms with E-state index in [1.54, 1.807) is 23.9 Å². The fourth-order valence-electron chi connectivity index (χ4n) is 1.57. The van der Waals surface area contributed by atoms with Gasteiger partial charge in [0.1, 0.15) is 0 Å². The van der Waals surface area contributed by atoms with E-state index in [-0.39, 0.29) is 10.6 Å². The average molecular weight is 268 g/mol. The minimum atomic E-state index is -0.318. The molecule has 4 nitrogen and oxygen atoms in total. The molecule has 1 aromatic carbocycles. The standard InChI is InChI=1S/C13H20N2O2S/c1-3-9-14-11(2)8-10-18-13-7-5-4-6-12(13)15(16)17/h4-7,11,14H,3,8-10H2,1-2H3. The Labute approximate surface area is 112 Å². The quantitative estimate of drug-likeness (QED) is 0.445. The van der Waals surface area contributed by atoms with Gasteiger partial charge in [0.25, 0.3) is 5.69 Å². The van der Waals surface area contributed by atoms with E-state index >= 15 is 0 Å². The topological polar surface area (TPSA) is 55.2 Å². The third-order valence-electron chi connectivity index (χ3n) is 2.61. The van der Waals surface area contributed by atoms with Crippen LogP contribution in [0.2, 0.25) is 0 Å². The Hall–Kier alpha value is -1.07. The van der Waals surface area contributed by atoms with Crippen molar-refractivity contribution in [1.29, 1.82) is 0 Å². The number of nitrogens with zero attached hydrogens (tertiary/aromatic N) is 1. The zero-order valence-electron chi connectivity index (χ0n) is 10.9. The van der Waals surface area contributed by atoms with Crippen LogP contribution in [0.4, 0.5) is 5.69 Å². The fourth-order valence-corrected chi connectivity index (χ4v) is 2.73. The predicted molar refractivity (Wildman–Crippen MR) is 76.2 cm³/mol. The lowest BCUT2D eigenvalue weighted by Crippen LogP contribution is -2.27. The molecule has 1 N–H and O–H groups in total. The van der Waals surface area contributed by atoms with Crippen molar-refractivity contribution in [2.45, 2.75) is 37.6 Å². The summed E-state index contributed by atoms with van der Waals surface area (Å²) in [5.41, 5.74) is 0.205. The van der Waals surface area contributed by atoms with Gasteiger partial charge in [-0.2, -0.15) is 0 Å². The molecule has 0 aliphatic heterocycles. The summed E-state index contributed by atoms with van der Waals surface area (Å²) in [6.45, 7) is 5.31. The largest absolute Gasteiger partial charge is 0.314 e. The molecule has 0 aromatic heterocycles. The molecule has 1 atom stereocenters. The average Bonchev–Trinajstić information content (AvgIpc) is 2.36. The number of para-hydroxylation sites is 1. The van der Waals surface area contributed by atoms with Crippen molar-refractivity contribution in [1.82, 2.24) is 5.32 Å². The van der Waals surface area contributed by atoms with Crippen molar-refractivity contribution >= 4 is 17.4 Å². The highest BCUT2D eigenvalue weighted by atomic mass is 32.2. The maximum absolute atomic E-state index is 10.8. The number of nitro groups is 1. The maximum atomic E-state index is 10.8. The van der Waals surface area contributed by atoms with Crippen LogP contribution >= 0.6 is 11.8 Å². The molecule has 0 heterocycles. The van der Waals surface area contributed by atoms with Crippen molar-refractivity contribution < 1.29 is 4.92 Å². The van der Waals surface area contributed by atoms with E-state index in [0.29, 0.717) is 6.04 Å². The van der Waals surface area contributed by atoms with Crippen molar-refractivity contribution in [2.24, 2.45) is 0 Å². The Balaban J connectivity index is 2.41. The van der Waals surface area contributed by atoms with Gasteiger partial charge in [-0.15, -0.1) is 11.8 Å². The van der Waals surface area contributed by atoms with E-state index in [1.807, 2.05) is 12.1 Å². The van der Waals surface area contributed by atoms with Gasteiger partial charge in [-0.1, -0.05) is 19.1 Å². The molecule has 1 rings (SSSR count).